The summed E-state index contributed by atoms with van der Waals surface area (Å²) in [5.74, 6) is -2.29. The van der Waals surface area contributed by atoms with Gasteiger partial charge in [-0.1, -0.05) is 36.4 Å². The van der Waals surface area contributed by atoms with Crippen LogP contribution in [0.4, 0.5) is 13.2 Å². The van der Waals surface area contributed by atoms with E-state index in [1.165, 1.54) is 24.1 Å². The van der Waals surface area contributed by atoms with Crippen LogP contribution in [0.3, 0.4) is 0 Å². The Bertz CT molecular complexity index is 1430. The van der Waals surface area contributed by atoms with Gasteiger partial charge in [0.2, 0.25) is 17.7 Å². The number of hydrogen-bond acceptors (Lipinski definition) is 7. The van der Waals surface area contributed by atoms with Crippen LogP contribution in [0.1, 0.15) is 61.4 Å². The summed E-state index contributed by atoms with van der Waals surface area (Å²) in [5, 5.41) is 8.40. The third kappa shape index (κ3) is 6.86. The molecule has 14 heteroatoms. The number of nitrogens with one attached hydrogen (secondary N) is 3. The van der Waals surface area contributed by atoms with Crippen molar-refractivity contribution in [3.8, 4) is 5.75 Å². The molecule has 10 nitrogen and oxygen atoms in total. The zero-order chi connectivity index (χ0) is 30.7. The van der Waals surface area contributed by atoms with Gasteiger partial charge in [0.25, 0.3) is 0 Å². The number of aryl methyl sites for hydroxylation is 1. The van der Waals surface area contributed by atoms with E-state index in [2.05, 4.69) is 20.1 Å². The smallest absolute Gasteiger partial charge is 0.376 e. The number of amides is 3. The van der Waals surface area contributed by atoms with Gasteiger partial charge in [0.05, 0.1) is 12.1 Å². The molecular formula is C28H33F3N4O6S. The average molecular weight is 611 g/mol. The fourth-order valence-corrected chi connectivity index (χ4v) is 5.70. The number of hydrogen-bond donors (Lipinski definition) is 3. The molecule has 3 amide bonds. The molecule has 4 rings (SSSR count). The van der Waals surface area contributed by atoms with E-state index in [1.54, 1.807) is 6.92 Å². The van der Waals surface area contributed by atoms with Crippen LogP contribution in [0.15, 0.2) is 48.5 Å². The highest BCUT2D eigenvalue weighted by Crippen LogP contribution is 2.32. The molecule has 0 saturated carbocycles. The summed E-state index contributed by atoms with van der Waals surface area (Å²) in [6.07, 6.45) is 3.46. The molecule has 228 valence electrons. The van der Waals surface area contributed by atoms with E-state index in [1.807, 2.05) is 24.3 Å². The minimum Gasteiger partial charge on any atom is -0.376 e. The number of likely N-dealkylation sites (tertiary alicyclic amines) is 1. The number of rotatable bonds is 9. The Kier molecular flexibility index (Phi) is 9.46. The van der Waals surface area contributed by atoms with Crippen molar-refractivity contribution in [1.29, 1.82) is 0 Å². The van der Waals surface area contributed by atoms with Crippen LogP contribution >= 0.6 is 0 Å². The third-order valence-electron chi connectivity index (χ3n) is 7.57. The maximum atomic E-state index is 13.9. The fourth-order valence-electron chi connectivity index (χ4n) is 5.25. The molecule has 0 bridgehead atoms. The van der Waals surface area contributed by atoms with Gasteiger partial charge in [-0.25, -0.2) is 0 Å². The number of halogens is 3. The van der Waals surface area contributed by atoms with Crippen LogP contribution < -0.4 is 20.1 Å². The topological polar surface area (TPSA) is 134 Å². The minimum atomic E-state index is -5.97. The van der Waals surface area contributed by atoms with Gasteiger partial charge in [0.1, 0.15) is 17.8 Å². The van der Waals surface area contributed by atoms with Crippen LogP contribution in [0.2, 0.25) is 0 Å². The second kappa shape index (κ2) is 12.7. The molecule has 1 heterocycles. The summed E-state index contributed by atoms with van der Waals surface area (Å²) in [4.78, 5) is 41.6. The highest BCUT2D eigenvalue weighted by atomic mass is 32.2. The van der Waals surface area contributed by atoms with E-state index in [-0.39, 0.29) is 24.1 Å². The van der Waals surface area contributed by atoms with Crippen LogP contribution in [0.25, 0.3) is 0 Å². The first-order valence-corrected chi connectivity index (χ1v) is 15.0. The lowest BCUT2D eigenvalue weighted by Crippen LogP contribution is -2.52. The van der Waals surface area contributed by atoms with Crippen LogP contribution in [0.5, 0.6) is 5.75 Å². The predicted octanol–water partition coefficient (Wildman–Crippen LogP) is 2.87. The Morgan fingerprint density at radius 2 is 1.79 bits per heavy atom. The molecular weight excluding hydrogens is 577 g/mol. The predicted molar refractivity (Wildman–Crippen MR) is 146 cm³/mol. The molecule has 0 spiro atoms. The van der Waals surface area contributed by atoms with Gasteiger partial charge in [0, 0.05) is 6.54 Å². The largest absolute Gasteiger partial charge is 0.534 e. The maximum absolute atomic E-state index is 13.9. The minimum absolute atomic E-state index is 0.0150. The van der Waals surface area contributed by atoms with Crippen molar-refractivity contribution in [2.75, 3.05) is 13.6 Å². The van der Waals surface area contributed by atoms with Gasteiger partial charge in [-0.05, 0) is 74.9 Å². The zero-order valence-corrected chi connectivity index (χ0v) is 23.9. The van der Waals surface area contributed by atoms with Gasteiger partial charge in [0.15, 0.2) is 0 Å². The Labute approximate surface area is 242 Å². The second-order valence-corrected chi connectivity index (χ2v) is 11.9. The van der Waals surface area contributed by atoms with Gasteiger partial charge >= 0.3 is 15.6 Å². The summed E-state index contributed by atoms with van der Waals surface area (Å²) < 4.78 is 66.1. The molecule has 2 aromatic rings. The van der Waals surface area contributed by atoms with Crippen molar-refractivity contribution in [3.05, 3.63) is 65.2 Å². The third-order valence-corrected chi connectivity index (χ3v) is 8.54. The molecule has 2 aromatic carbocycles. The number of fused-ring (bicyclic) bond motifs is 1. The van der Waals surface area contributed by atoms with Crippen molar-refractivity contribution >= 4 is 27.8 Å². The molecule has 4 atom stereocenters. The van der Waals surface area contributed by atoms with Crippen LogP contribution in [-0.2, 0) is 30.9 Å². The maximum Gasteiger partial charge on any atom is 0.534 e. The molecule has 42 heavy (non-hydrogen) atoms. The van der Waals surface area contributed by atoms with E-state index < -0.39 is 51.3 Å². The van der Waals surface area contributed by atoms with Crippen molar-refractivity contribution in [2.45, 2.75) is 68.7 Å². The van der Waals surface area contributed by atoms with Crippen LogP contribution in [0, 0.1) is 0 Å². The monoisotopic (exact) mass is 610 g/mol. The Morgan fingerprint density at radius 1 is 1.05 bits per heavy atom. The molecule has 1 aliphatic carbocycles. The van der Waals surface area contributed by atoms with Crippen molar-refractivity contribution in [3.63, 3.8) is 0 Å². The summed E-state index contributed by atoms with van der Waals surface area (Å²) in [5.41, 5.74) is -3.49. The molecule has 2 aliphatic rings. The van der Waals surface area contributed by atoms with E-state index in [0.717, 1.165) is 42.5 Å². The number of benzene rings is 2. The zero-order valence-electron chi connectivity index (χ0n) is 23.1. The number of carbonyl (C=O) groups is 3. The fraction of sp³-hybridized carbons (Fsp3) is 0.464. The highest BCUT2D eigenvalue weighted by molar-refractivity contribution is 7.88. The first kappa shape index (κ1) is 31.3. The standard InChI is InChI=1S/C28H33F3N4O6S/c1-17(32-2)25(36)34-24(19-10-5-11-20(16-19)41-42(39,40)28(29,30)31)27(38)35-15-7-14-23(35)26(37)33-22-13-6-9-18-8-3-4-12-21(18)22/h3-5,8,10-12,16-17,22-24,32H,6-7,9,13-15H2,1-2H3,(H,33,37)(H,34,36). The van der Waals surface area contributed by atoms with Crippen molar-refractivity contribution in [2.24, 2.45) is 0 Å². The van der Waals surface area contributed by atoms with E-state index >= 15 is 0 Å². The lowest BCUT2D eigenvalue weighted by molar-refractivity contribution is -0.142. The quantitative estimate of drug-likeness (QED) is 0.294. The van der Waals surface area contributed by atoms with Gasteiger partial charge in [-0.3, -0.25) is 14.4 Å². The molecule has 3 N–H and O–H groups in total. The molecule has 1 fully saturated rings. The summed E-state index contributed by atoms with van der Waals surface area (Å²) in [6.45, 7) is 1.76. The molecule has 4 unspecified atom stereocenters. The van der Waals surface area contributed by atoms with Gasteiger partial charge in [-0.15, -0.1) is 0 Å². The SMILES string of the molecule is CNC(C)C(=O)NC(C(=O)N1CCCC1C(=O)NC1CCCc2ccccc21)c1cccc(OS(=O)(=O)C(F)(F)F)c1. The second-order valence-electron chi connectivity index (χ2n) is 10.3. The molecule has 0 radical (unpaired) electrons. The lowest BCUT2D eigenvalue weighted by Gasteiger charge is -2.32. The van der Waals surface area contributed by atoms with E-state index in [9.17, 15) is 36.0 Å². The number of carbonyl (C=O) groups excluding carboxylic acids is 3. The lowest BCUT2D eigenvalue weighted by atomic mass is 9.87. The summed E-state index contributed by atoms with van der Waals surface area (Å²) in [7, 11) is -4.44. The Hall–Kier alpha value is -3.65. The summed E-state index contributed by atoms with van der Waals surface area (Å²) >= 11 is 0. The van der Waals surface area contributed by atoms with Crippen molar-refractivity contribution < 1.29 is 40.2 Å². The van der Waals surface area contributed by atoms with Gasteiger partial charge < -0.3 is 25.0 Å². The molecule has 0 aromatic heterocycles. The number of likely N-dealkylation sites (N-methyl/N-ethyl adjacent to an activating group) is 1. The Morgan fingerprint density at radius 3 is 2.50 bits per heavy atom. The van der Waals surface area contributed by atoms with Gasteiger partial charge in [-0.2, -0.15) is 21.6 Å². The molecule has 1 aliphatic heterocycles. The van der Waals surface area contributed by atoms with Crippen LogP contribution in [-0.4, -0.2) is 62.2 Å². The Balaban J connectivity index is 1.59. The average Bonchev–Trinajstić information content (AvgIpc) is 3.45. The van der Waals surface area contributed by atoms with E-state index in [0.29, 0.717) is 12.8 Å². The first-order valence-electron chi connectivity index (χ1n) is 13.6. The normalized spacial score (nSPS) is 20.3. The number of alkyl halides is 3. The number of nitrogens with zero attached hydrogens (tertiary/aromatic N) is 1. The first-order chi connectivity index (χ1) is 19.8. The molecule has 1 saturated heterocycles. The summed E-state index contributed by atoms with van der Waals surface area (Å²) in [6, 6.07) is 9.12. The van der Waals surface area contributed by atoms with E-state index in [4.69, 9.17) is 0 Å². The highest BCUT2D eigenvalue weighted by Gasteiger charge is 2.48. The van der Waals surface area contributed by atoms with Crippen molar-refractivity contribution in [1.82, 2.24) is 20.9 Å².